The highest BCUT2D eigenvalue weighted by Crippen LogP contribution is 2.43. The van der Waals surface area contributed by atoms with Gasteiger partial charge in [0, 0.05) is 47.5 Å². The summed E-state index contributed by atoms with van der Waals surface area (Å²) in [4.78, 5) is 10.9. The molecule has 4 rings (SSSR count). The number of aliphatic carboxylic acids is 1. The molecule has 0 saturated carbocycles. The first-order valence-electron chi connectivity index (χ1n) is 11.1. The van der Waals surface area contributed by atoms with E-state index in [2.05, 4.69) is 12.0 Å². The van der Waals surface area contributed by atoms with Crippen LogP contribution in [0.3, 0.4) is 0 Å². The number of carboxylic acid groups (broad SMARTS) is 1. The third-order valence-electron chi connectivity index (χ3n) is 5.45. The number of unbranched alkanes of at least 4 members (excludes halogenated alkanes) is 1. The van der Waals surface area contributed by atoms with Crippen molar-refractivity contribution >= 4 is 18.1 Å². The zero-order valence-electron chi connectivity index (χ0n) is 19.6. The van der Waals surface area contributed by atoms with E-state index in [1.165, 1.54) is 13.2 Å². The molecule has 1 aromatic heterocycles. The fraction of sp³-hybridized carbons (Fsp3) is 0.231. The van der Waals surface area contributed by atoms with Gasteiger partial charge in [0.05, 0.1) is 26.1 Å². The molecule has 1 aliphatic rings. The average Bonchev–Trinajstić information content (AvgIpc) is 3.43. The van der Waals surface area contributed by atoms with Crippen molar-refractivity contribution in [3.8, 4) is 40.0 Å². The summed E-state index contributed by atoms with van der Waals surface area (Å²) >= 11 is 0. The Morgan fingerprint density at radius 3 is 2.54 bits per heavy atom. The highest BCUT2D eigenvalue weighted by atomic mass is 16.7. The number of methoxy groups -OCH3 is 2. The highest BCUT2D eigenvalue weighted by molar-refractivity contribution is 5.86. The van der Waals surface area contributed by atoms with E-state index >= 15 is 0 Å². The molecule has 9 nitrogen and oxygen atoms in total. The number of nitrogens with zero attached hydrogens (tertiary/aromatic N) is 2. The smallest absolute Gasteiger partial charge is 0.328 e. The van der Waals surface area contributed by atoms with Gasteiger partial charge in [-0.2, -0.15) is 5.10 Å². The van der Waals surface area contributed by atoms with Gasteiger partial charge >= 0.3 is 5.97 Å². The average molecular weight is 479 g/mol. The Kier molecular flexibility index (Phi) is 6.96. The van der Waals surface area contributed by atoms with Gasteiger partial charge in [0.1, 0.15) is 17.2 Å². The summed E-state index contributed by atoms with van der Waals surface area (Å²) in [6.45, 7) is 2.78. The number of carbonyl (C=O) groups is 1. The Morgan fingerprint density at radius 2 is 1.89 bits per heavy atom. The standard InChI is InChI=1S/C26H26N2O7/c1-4-5-10-28-26(19-8-7-18(32-2)13-20(19)29)17(15-27-28)12-25-34-22-11-16(6-9-24(30)31)21(33-3)14-23(22)35-25/h6-9,11-15,29H,4-5,10H2,1-3H3,(H,30,31)/b9-6+,25-12-. The summed E-state index contributed by atoms with van der Waals surface area (Å²) in [5.41, 5.74) is 2.55. The molecule has 9 heteroatoms. The van der Waals surface area contributed by atoms with Crippen LogP contribution in [-0.2, 0) is 11.3 Å². The number of fused-ring (bicyclic) bond motifs is 1. The molecule has 2 heterocycles. The Labute approximate surface area is 202 Å². The van der Waals surface area contributed by atoms with Crippen LogP contribution in [0.25, 0.3) is 23.4 Å². The number of aromatic hydroxyl groups is 1. The van der Waals surface area contributed by atoms with E-state index in [9.17, 15) is 9.90 Å². The Morgan fingerprint density at radius 1 is 1.11 bits per heavy atom. The molecule has 0 spiro atoms. The van der Waals surface area contributed by atoms with E-state index in [1.807, 2.05) is 4.68 Å². The lowest BCUT2D eigenvalue weighted by Gasteiger charge is -2.11. The van der Waals surface area contributed by atoms with Gasteiger partial charge in [-0.25, -0.2) is 4.79 Å². The fourth-order valence-corrected chi connectivity index (χ4v) is 3.72. The van der Waals surface area contributed by atoms with Gasteiger partial charge in [-0.1, -0.05) is 13.3 Å². The number of hydrogen-bond acceptors (Lipinski definition) is 7. The first-order chi connectivity index (χ1) is 16.9. The lowest BCUT2D eigenvalue weighted by molar-refractivity contribution is -0.131. The summed E-state index contributed by atoms with van der Waals surface area (Å²) < 4.78 is 24.2. The number of phenols is 1. The monoisotopic (exact) mass is 478 g/mol. The highest BCUT2D eigenvalue weighted by Gasteiger charge is 2.24. The second-order valence-corrected chi connectivity index (χ2v) is 7.79. The van der Waals surface area contributed by atoms with Crippen LogP contribution in [0.2, 0.25) is 0 Å². The van der Waals surface area contributed by atoms with Crippen molar-refractivity contribution in [3.63, 3.8) is 0 Å². The predicted octanol–water partition coefficient (Wildman–Crippen LogP) is 4.94. The molecule has 2 aromatic carbocycles. The molecule has 0 aliphatic carbocycles. The van der Waals surface area contributed by atoms with E-state index < -0.39 is 5.97 Å². The van der Waals surface area contributed by atoms with Crippen molar-refractivity contribution in [1.82, 2.24) is 9.78 Å². The zero-order valence-corrected chi connectivity index (χ0v) is 19.6. The second kappa shape index (κ2) is 10.3. The Hall–Kier alpha value is -4.40. The van der Waals surface area contributed by atoms with Crippen LogP contribution in [-0.4, -0.2) is 40.2 Å². The maximum atomic E-state index is 10.9. The van der Waals surface area contributed by atoms with Gasteiger partial charge in [-0.3, -0.25) is 4.68 Å². The van der Waals surface area contributed by atoms with Gasteiger partial charge in [-0.15, -0.1) is 0 Å². The molecule has 0 bridgehead atoms. The normalized spacial score (nSPS) is 13.5. The van der Waals surface area contributed by atoms with Crippen LogP contribution in [0.5, 0.6) is 28.7 Å². The lowest BCUT2D eigenvalue weighted by Crippen LogP contribution is -2.03. The SMILES string of the molecule is CCCCn1ncc(/C=C2/Oc3cc(/C=C/C(=O)O)c(OC)cc3O2)c1-c1ccc(OC)cc1O. The van der Waals surface area contributed by atoms with E-state index in [4.69, 9.17) is 24.1 Å². The van der Waals surface area contributed by atoms with Crippen LogP contribution < -0.4 is 18.9 Å². The van der Waals surface area contributed by atoms with E-state index in [0.717, 1.165) is 24.6 Å². The van der Waals surface area contributed by atoms with Gasteiger partial charge < -0.3 is 29.2 Å². The maximum Gasteiger partial charge on any atom is 0.328 e. The molecule has 0 saturated heterocycles. The van der Waals surface area contributed by atoms with Gasteiger partial charge in [0.15, 0.2) is 11.5 Å². The van der Waals surface area contributed by atoms with Crippen LogP contribution in [0, 0.1) is 0 Å². The molecule has 0 radical (unpaired) electrons. The number of aryl methyl sites for hydroxylation is 1. The van der Waals surface area contributed by atoms with Crippen molar-refractivity contribution in [3.05, 3.63) is 59.7 Å². The van der Waals surface area contributed by atoms with Crippen LogP contribution in [0.15, 0.2) is 48.5 Å². The summed E-state index contributed by atoms with van der Waals surface area (Å²) in [5.74, 6) is 1.07. The van der Waals surface area contributed by atoms with Gasteiger partial charge in [0.25, 0.3) is 5.95 Å². The lowest BCUT2D eigenvalue weighted by atomic mass is 10.1. The Bertz CT molecular complexity index is 1310. The third-order valence-corrected chi connectivity index (χ3v) is 5.45. The molecule has 2 N–H and O–H groups in total. The molecule has 0 unspecified atom stereocenters. The first-order valence-corrected chi connectivity index (χ1v) is 11.1. The minimum absolute atomic E-state index is 0.0680. The maximum absolute atomic E-state index is 10.9. The molecular weight excluding hydrogens is 452 g/mol. The zero-order chi connectivity index (χ0) is 24.9. The van der Waals surface area contributed by atoms with E-state index in [0.29, 0.717) is 46.2 Å². The molecule has 182 valence electrons. The van der Waals surface area contributed by atoms with Crippen molar-refractivity contribution in [2.75, 3.05) is 14.2 Å². The fourth-order valence-electron chi connectivity index (χ4n) is 3.72. The molecule has 0 atom stereocenters. The topological polar surface area (TPSA) is 112 Å². The quantitative estimate of drug-likeness (QED) is 0.416. The third kappa shape index (κ3) is 5.08. The number of ether oxygens (including phenoxy) is 4. The second-order valence-electron chi connectivity index (χ2n) is 7.79. The molecule has 3 aromatic rings. The largest absolute Gasteiger partial charge is 0.507 e. The molecule has 0 amide bonds. The van der Waals surface area contributed by atoms with Crippen molar-refractivity contribution in [2.45, 2.75) is 26.3 Å². The first kappa shape index (κ1) is 23.7. The van der Waals surface area contributed by atoms with Crippen molar-refractivity contribution < 1.29 is 34.0 Å². The summed E-state index contributed by atoms with van der Waals surface area (Å²) in [5, 5.41) is 24.1. The number of carboxylic acids is 1. The predicted molar refractivity (Wildman–Crippen MR) is 130 cm³/mol. The van der Waals surface area contributed by atoms with Gasteiger partial charge in [0.2, 0.25) is 0 Å². The molecule has 1 aliphatic heterocycles. The van der Waals surface area contributed by atoms with E-state index in [1.54, 1.807) is 49.7 Å². The van der Waals surface area contributed by atoms with Crippen molar-refractivity contribution in [1.29, 1.82) is 0 Å². The number of phenolic OH excluding ortho intramolecular Hbond substituents is 1. The summed E-state index contributed by atoms with van der Waals surface area (Å²) in [6.07, 6.45) is 7.76. The number of hydrogen-bond donors (Lipinski definition) is 2. The number of aromatic nitrogens is 2. The van der Waals surface area contributed by atoms with Crippen LogP contribution in [0.1, 0.15) is 30.9 Å². The molecular formula is C26H26N2O7. The van der Waals surface area contributed by atoms with Crippen LogP contribution in [0.4, 0.5) is 0 Å². The summed E-state index contributed by atoms with van der Waals surface area (Å²) in [6, 6.07) is 8.40. The van der Waals surface area contributed by atoms with Crippen molar-refractivity contribution in [2.24, 2.45) is 0 Å². The number of benzene rings is 2. The minimum atomic E-state index is -1.07. The van der Waals surface area contributed by atoms with Crippen LogP contribution >= 0.6 is 0 Å². The Balaban J connectivity index is 1.71. The van der Waals surface area contributed by atoms with Gasteiger partial charge in [-0.05, 0) is 30.7 Å². The summed E-state index contributed by atoms with van der Waals surface area (Å²) in [7, 11) is 3.03. The number of rotatable bonds is 9. The molecule has 0 fully saturated rings. The van der Waals surface area contributed by atoms with E-state index in [-0.39, 0.29) is 11.7 Å². The molecule has 35 heavy (non-hydrogen) atoms. The minimum Gasteiger partial charge on any atom is -0.507 e.